The van der Waals surface area contributed by atoms with E-state index in [0.717, 1.165) is 25.2 Å². The Morgan fingerprint density at radius 2 is 1.68 bits per heavy atom. The van der Waals surface area contributed by atoms with Crippen LogP contribution in [0.25, 0.3) is 0 Å². The van der Waals surface area contributed by atoms with E-state index in [-0.39, 0.29) is 12.1 Å². The van der Waals surface area contributed by atoms with Crippen LogP contribution < -0.4 is 0 Å². The van der Waals surface area contributed by atoms with Crippen LogP contribution in [0, 0.1) is 5.92 Å². The fraction of sp³-hybridized carbons (Fsp3) is 0.682. The van der Waals surface area contributed by atoms with Gasteiger partial charge in [-0.2, -0.15) is 0 Å². The van der Waals surface area contributed by atoms with Crippen molar-refractivity contribution in [2.45, 2.75) is 78.2 Å². The van der Waals surface area contributed by atoms with Gasteiger partial charge in [0.1, 0.15) is 6.10 Å². The molecule has 142 valence electrons. The van der Waals surface area contributed by atoms with Crippen molar-refractivity contribution in [3.05, 3.63) is 35.4 Å². The van der Waals surface area contributed by atoms with Crippen molar-refractivity contribution in [3.8, 4) is 0 Å². The fourth-order valence-corrected chi connectivity index (χ4v) is 2.87. The third-order valence-corrected chi connectivity index (χ3v) is 4.44. The number of ether oxygens (including phenoxy) is 2. The summed E-state index contributed by atoms with van der Waals surface area (Å²) >= 11 is 0. The molecule has 0 radical (unpaired) electrons. The standard InChI is InChI=1S/C22H36O3/c1-5-6-11-19-13-15-20(16-14-19)22(23)25-21(17-24-4)12-9-7-8-10-18(2)3/h13-16,18,21H,5-12,17H2,1-4H3. The summed E-state index contributed by atoms with van der Waals surface area (Å²) in [6.07, 6.45) is 8.89. The van der Waals surface area contributed by atoms with Crippen LogP contribution in [0.2, 0.25) is 0 Å². The van der Waals surface area contributed by atoms with Crippen molar-refractivity contribution in [2.24, 2.45) is 5.92 Å². The van der Waals surface area contributed by atoms with E-state index in [1.54, 1.807) is 7.11 Å². The molecule has 0 aromatic heterocycles. The largest absolute Gasteiger partial charge is 0.456 e. The second-order valence-electron chi connectivity index (χ2n) is 7.31. The summed E-state index contributed by atoms with van der Waals surface area (Å²) in [4.78, 5) is 12.4. The lowest BCUT2D eigenvalue weighted by atomic mass is 10.0. The Hall–Kier alpha value is -1.35. The number of carbonyl (C=O) groups is 1. The van der Waals surface area contributed by atoms with Crippen LogP contribution in [-0.2, 0) is 15.9 Å². The lowest BCUT2D eigenvalue weighted by Crippen LogP contribution is -2.23. The monoisotopic (exact) mass is 348 g/mol. The minimum atomic E-state index is -0.244. The predicted molar refractivity (Wildman–Crippen MR) is 104 cm³/mol. The number of esters is 1. The number of rotatable bonds is 13. The van der Waals surface area contributed by atoms with Gasteiger partial charge in [0.2, 0.25) is 0 Å². The highest BCUT2D eigenvalue weighted by molar-refractivity contribution is 5.89. The zero-order valence-electron chi connectivity index (χ0n) is 16.6. The Kier molecular flexibility index (Phi) is 11.2. The highest BCUT2D eigenvalue weighted by Gasteiger charge is 2.16. The maximum atomic E-state index is 12.4. The number of methoxy groups -OCH3 is 1. The van der Waals surface area contributed by atoms with E-state index >= 15 is 0 Å². The highest BCUT2D eigenvalue weighted by Crippen LogP contribution is 2.15. The molecule has 0 spiro atoms. The van der Waals surface area contributed by atoms with Crippen molar-refractivity contribution < 1.29 is 14.3 Å². The molecular formula is C22H36O3. The average Bonchev–Trinajstić information content (AvgIpc) is 2.59. The molecule has 1 rings (SSSR count). The maximum absolute atomic E-state index is 12.4. The molecule has 0 N–H and O–H groups in total. The lowest BCUT2D eigenvalue weighted by Gasteiger charge is -2.17. The molecule has 25 heavy (non-hydrogen) atoms. The molecule has 3 nitrogen and oxygen atoms in total. The summed E-state index contributed by atoms with van der Waals surface area (Å²) < 4.78 is 10.9. The molecule has 0 amide bonds. The van der Waals surface area contributed by atoms with Crippen molar-refractivity contribution in [3.63, 3.8) is 0 Å². The number of hydrogen-bond donors (Lipinski definition) is 0. The van der Waals surface area contributed by atoms with Crippen LogP contribution in [0.1, 0.15) is 81.6 Å². The van der Waals surface area contributed by atoms with Gasteiger partial charge in [-0.1, -0.05) is 58.6 Å². The molecule has 0 bridgehead atoms. The van der Waals surface area contributed by atoms with E-state index < -0.39 is 0 Å². The molecule has 1 atom stereocenters. The summed E-state index contributed by atoms with van der Waals surface area (Å²) in [5, 5.41) is 0. The Bertz CT molecular complexity index is 465. The Labute approximate surface area is 154 Å². The molecule has 0 aliphatic rings. The lowest BCUT2D eigenvalue weighted by molar-refractivity contribution is 0.00236. The van der Waals surface area contributed by atoms with Crippen molar-refractivity contribution in [2.75, 3.05) is 13.7 Å². The van der Waals surface area contributed by atoms with E-state index in [9.17, 15) is 4.79 Å². The van der Waals surface area contributed by atoms with Crippen LogP contribution in [0.3, 0.4) is 0 Å². The van der Waals surface area contributed by atoms with Gasteiger partial charge in [0, 0.05) is 7.11 Å². The van der Waals surface area contributed by atoms with Gasteiger partial charge in [-0.3, -0.25) is 0 Å². The molecule has 0 fully saturated rings. The van der Waals surface area contributed by atoms with Crippen LogP contribution in [0.15, 0.2) is 24.3 Å². The van der Waals surface area contributed by atoms with Crippen LogP contribution in [0.4, 0.5) is 0 Å². The van der Waals surface area contributed by atoms with Crippen LogP contribution in [-0.4, -0.2) is 25.8 Å². The zero-order chi connectivity index (χ0) is 18.5. The topological polar surface area (TPSA) is 35.5 Å². The normalized spacial score (nSPS) is 12.4. The SMILES string of the molecule is CCCCc1ccc(C(=O)OC(CCCCCC(C)C)COC)cc1. The fourth-order valence-electron chi connectivity index (χ4n) is 2.87. The minimum Gasteiger partial charge on any atom is -0.456 e. The van der Waals surface area contributed by atoms with Gasteiger partial charge in [0.05, 0.1) is 12.2 Å². The van der Waals surface area contributed by atoms with Crippen molar-refractivity contribution >= 4 is 5.97 Å². The van der Waals surface area contributed by atoms with Gasteiger partial charge in [-0.05, 0) is 49.3 Å². The molecule has 1 unspecified atom stereocenters. The molecule has 0 aliphatic carbocycles. The van der Waals surface area contributed by atoms with Crippen LogP contribution in [0.5, 0.6) is 0 Å². The van der Waals surface area contributed by atoms with Gasteiger partial charge in [-0.25, -0.2) is 4.79 Å². The maximum Gasteiger partial charge on any atom is 0.338 e. The molecular weight excluding hydrogens is 312 g/mol. The minimum absolute atomic E-state index is 0.156. The van der Waals surface area contributed by atoms with Crippen molar-refractivity contribution in [1.82, 2.24) is 0 Å². The summed E-state index contributed by atoms with van der Waals surface area (Å²) in [7, 11) is 1.65. The summed E-state index contributed by atoms with van der Waals surface area (Å²) in [5.74, 6) is 0.513. The first-order chi connectivity index (χ1) is 12.1. The third kappa shape index (κ3) is 9.64. The summed E-state index contributed by atoms with van der Waals surface area (Å²) in [6, 6.07) is 7.81. The Morgan fingerprint density at radius 3 is 2.28 bits per heavy atom. The van der Waals surface area contributed by atoms with Crippen molar-refractivity contribution in [1.29, 1.82) is 0 Å². The first-order valence-electron chi connectivity index (χ1n) is 9.85. The molecule has 1 aromatic rings. The van der Waals surface area contributed by atoms with Gasteiger partial charge in [0.25, 0.3) is 0 Å². The second-order valence-corrected chi connectivity index (χ2v) is 7.31. The van der Waals surface area contributed by atoms with Gasteiger partial charge in [-0.15, -0.1) is 0 Å². The average molecular weight is 349 g/mol. The second kappa shape index (κ2) is 12.9. The summed E-state index contributed by atoms with van der Waals surface area (Å²) in [5.41, 5.74) is 1.90. The smallest absolute Gasteiger partial charge is 0.338 e. The molecule has 1 aromatic carbocycles. The third-order valence-electron chi connectivity index (χ3n) is 4.44. The van der Waals surface area contributed by atoms with E-state index in [2.05, 4.69) is 20.8 Å². The molecule has 0 saturated heterocycles. The molecule has 3 heteroatoms. The summed E-state index contributed by atoms with van der Waals surface area (Å²) in [6.45, 7) is 7.15. The van der Waals surface area contributed by atoms with Crippen LogP contribution >= 0.6 is 0 Å². The number of benzene rings is 1. The van der Waals surface area contributed by atoms with Gasteiger partial charge in [0.15, 0.2) is 0 Å². The van der Waals surface area contributed by atoms with Gasteiger partial charge < -0.3 is 9.47 Å². The predicted octanol–water partition coefficient (Wildman–Crippen LogP) is 5.81. The first-order valence-corrected chi connectivity index (χ1v) is 9.85. The number of unbranched alkanes of at least 4 members (excludes halogenated alkanes) is 3. The zero-order valence-corrected chi connectivity index (χ0v) is 16.6. The van der Waals surface area contributed by atoms with E-state index in [1.165, 1.54) is 37.7 Å². The van der Waals surface area contributed by atoms with E-state index in [1.807, 2.05) is 24.3 Å². The molecule has 0 aliphatic heterocycles. The quantitative estimate of drug-likeness (QED) is 0.333. The molecule has 0 heterocycles. The first kappa shape index (κ1) is 21.7. The Morgan fingerprint density at radius 1 is 1.00 bits per heavy atom. The number of hydrogen-bond acceptors (Lipinski definition) is 3. The van der Waals surface area contributed by atoms with E-state index in [0.29, 0.717) is 12.2 Å². The molecule has 0 saturated carbocycles. The number of aryl methyl sites for hydroxylation is 1. The van der Waals surface area contributed by atoms with Gasteiger partial charge >= 0.3 is 5.97 Å². The van der Waals surface area contributed by atoms with E-state index in [4.69, 9.17) is 9.47 Å². The highest BCUT2D eigenvalue weighted by atomic mass is 16.6. The number of carbonyl (C=O) groups excluding carboxylic acids is 1. The Balaban J connectivity index is 2.43.